The maximum absolute atomic E-state index is 13.8. The van der Waals surface area contributed by atoms with Crippen molar-refractivity contribution in [3.63, 3.8) is 0 Å². The lowest BCUT2D eigenvalue weighted by Gasteiger charge is -2.18. The first-order valence-electron chi connectivity index (χ1n) is 8.92. The van der Waals surface area contributed by atoms with Crippen LogP contribution in [0.25, 0.3) is 6.08 Å². The Morgan fingerprint density at radius 3 is 1.86 bits per heavy atom. The summed E-state index contributed by atoms with van der Waals surface area (Å²) in [6.07, 6.45) is 4.99. The number of hydrazone groups is 1. The number of nitrogens with one attached hydrogen (secondary N) is 1. The van der Waals surface area contributed by atoms with Crippen LogP contribution in [0.3, 0.4) is 0 Å². The van der Waals surface area contributed by atoms with Crippen LogP contribution in [-0.4, -0.2) is 18.3 Å². The fourth-order valence-corrected chi connectivity index (χ4v) is 5.22. The standard InChI is InChI=1S/C23H21N2O2P/c26-23(25-24-18-10-13-20-11-4-1-5-12-20)19-28(27,21-14-6-2-7-15-21)22-16-8-3-9-17-22/h1-18H,19H2,(H,25,26)/b13-10+,24-18-. The smallest absolute Gasteiger partial charge is 0.248 e. The zero-order valence-electron chi connectivity index (χ0n) is 15.3. The van der Waals surface area contributed by atoms with E-state index in [0.29, 0.717) is 10.6 Å². The lowest BCUT2D eigenvalue weighted by atomic mass is 10.2. The summed E-state index contributed by atoms with van der Waals surface area (Å²) >= 11 is 0. The van der Waals surface area contributed by atoms with E-state index in [1.54, 1.807) is 30.3 Å². The number of amides is 1. The average molecular weight is 388 g/mol. The van der Waals surface area contributed by atoms with Crippen LogP contribution in [0, 0.1) is 0 Å². The van der Waals surface area contributed by atoms with Gasteiger partial charge in [0.15, 0.2) is 7.14 Å². The van der Waals surface area contributed by atoms with Crippen LogP contribution < -0.4 is 16.0 Å². The molecule has 0 saturated carbocycles. The molecule has 3 aromatic rings. The Morgan fingerprint density at radius 1 is 0.821 bits per heavy atom. The van der Waals surface area contributed by atoms with E-state index in [2.05, 4.69) is 10.5 Å². The lowest BCUT2D eigenvalue weighted by molar-refractivity contribution is -0.118. The molecule has 0 saturated heterocycles. The van der Waals surface area contributed by atoms with E-state index < -0.39 is 7.14 Å². The third kappa shape index (κ3) is 5.15. The van der Waals surface area contributed by atoms with Gasteiger partial charge in [-0.15, -0.1) is 0 Å². The quantitative estimate of drug-likeness (QED) is 0.380. The van der Waals surface area contributed by atoms with Crippen molar-refractivity contribution in [1.82, 2.24) is 5.43 Å². The summed E-state index contributed by atoms with van der Waals surface area (Å²) in [6, 6.07) is 28.0. The molecule has 0 spiro atoms. The molecule has 3 aromatic carbocycles. The second kappa shape index (κ2) is 9.63. The first-order valence-corrected chi connectivity index (χ1v) is 10.8. The van der Waals surface area contributed by atoms with Gasteiger partial charge in [0.2, 0.25) is 5.91 Å². The molecule has 0 aliphatic heterocycles. The molecule has 4 nitrogen and oxygen atoms in total. The van der Waals surface area contributed by atoms with Gasteiger partial charge in [-0.05, 0) is 11.6 Å². The molecule has 0 radical (unpaired) electrons. The number of hydrogen-bond donors (Lipinski definition) is 1. The van der Waals surface area contributed by atoms with Crippen LogP contribution in [-0.2, 0) is 9.36 Å². The van der Waals surface area contributed by atoms with Crippen molar-refractivity contribution in [1.29, 1.82) is 0 Å². The third-order valence-electron chi connectivity index (χ3n) is 4.15. The van der Waals surface area contributed by atoms with Gasteiger partial charge in [0, 0.05) is 16.8 Å². The lowest BCUT2D eigenvalue weighted by Crippen LogP contribution is -2.28. The molecule has 0 aliphatic rings. The molecule has 0 atom stereocenters. The van der Waals surface area contributed by atoms with Crippen molar-refractivity contribution in [3.05, 3.63) is 103 Å². The summed E-state index contributed by atoms with van der Waals surface area (Å²) in [4.78, 5) is 12.4. The van der Waals surface area contributed by atoms with E-state index in [-0.39, 0.29) is 12.1 Å². The highest BCUT2D eigenvalue weighted by molar-refractivity contribution is 7.79. The van der Waals surface area contributed by atoms with Gasteiger partial charge in [-0.25, -0.2) is 5.43 Å². The van der Waals surface area contributed by atoms with Crippen molar-refractivity contribution in [3.8, 4) is 0 Å². The Labute approximate surface area is 165 Å². The van der Waals surface area contributed by atoms with E-state index in [1.165, 1.54) is 6.21 Å². The van der Waals surface area contributed by atoms with Gasteiger partial charge >= 0.3 is 0 Å². The molecule has 0 heterocycles. The van der Waals surface area contributed by atoms with Crippen molar-refractivity contribution in [2.75, 3.05) is 6.16 Å². The molecule has 3 rings (SSSR count). The highest BCUT2D eigenvalue weighted by atomic mass is 31.2. The molecular weight excluding hydrogens is 367 g/mol. The maximum Gasteiger partial charge on any atom is 0.248 e. The first-order chi connectivity index (χ1) is 13.7. The second-order valence-corrected chi connectivity index (χ2v) is 8.98. The molecule has 1 N–H and O–H groups in total. The summed E-state index contributed by atoms with van der Waals surface area (Å²) in [7, 11) is -3.09. The molecule has 5 heteroatoms. The zero-order chi connectivity index (χ0) is 19.7. The molecule has 0 unspecified atom stereocenters. The topological polar surface area (TPSA) is 58.5 Å². The SMILES string of the molecule is O=C(CP(=O)(c1ccccc1)c1ccccc1)N/N=C\C=C\c1ccccc1. The van der Waals surface area contributed by atoms with Crippen molar-refractivity contribution in [2.45, 2.75) is 0 Å². The molecule has 140 valence electrons. The van der Waals surface area contributed by atoms with Gasteiger partial charge < -0.3 is 4.57 Å². The molecular formula is C23H21N2O2P. The van der Waals surface area contributed by atoms with Gasteiger partial charge in [-0.1, -0.05) is 97.1 Å². The molecule has 0 bridgehead atoms. The van der Waals surface area contributed by atoms with E-state index in [4.69, 9.17) is 0 Å². The number of carbonyl (C=O) groups excluding carboxylic acids is 1. The van der Waals surface area contributed by atoms with Crippen LogP contribution in [0.5, 0.6) is 0 Å². The van der Waals surface area contributed by atoms with E-state index >= 15 is 0 Å². The van der Waals surface area contributed by atoms with Crippen LogP contribution in [0.1, 0.15) is 5.56 Å². The highest BCUT2D eigenvalue weighted by Gasteiger charge is 2.29. The maximum atomic E-state index is 13.8. The number of nitrogens with zero attached hydrogens (tertiary/aromatic N) is 1. The van der Waals surface area contributed by atoms with Crippen LogP contribution in [0.4, 0.5) is 0 Å². The van der Waals surface area contributed by atoms with Crippen molar-refractivity contribution >= 4 is 35.9 Å². The normalized spacial score (nSPS) is 11.7. The number of allylic oxidation sites excluding steroid dienone is 1. The summed E-state index contributed by atoms with van der Waals surface area (Å²) < 4.78 is 13.8. The number of benzene rings is 3. The predicted molar refractivity (Wildman–Crippen MR) is 117 cm³/mol. The number of carbonyl (C=O) groups is 1. The summed E-state index contributed by atoms with van der Waals surface area (Å²) in [5, 5.41) is 5.24. The fraction of sp³-hybridized carbons (Fsp3) is 0.0435. The van der Waals surface area contributed by atoms with Gasteiger partial charge in [0.05, 0.1) is 6.16 Å². The second-order valence-electron chi connectivity index (χ2n) is 6.15. The Kier molecular flexibility index (Phi) is 6.72. The number of hydrogen-bond acceptors (Lipinski definition) is 3. The van der Waals surface area contributed by atoms with Crippen LogP contribution in [0.2, 0.25) is 0 Å². The van der Waals surface area contributed by atoms with Crippen LogP contribution in [0.15, 0.2) is 102 Å². The van der Waals surface area contributed by atoms with Gasteiger partial charge in [0.1, 0.15) is 0 Å². The molecule has 1 amide bonds. The van der Waals surface area contributed by atoms with Crippen molar-refractivity contribution < 1.29 is 9.36 Å². The Balaban J connectivity index is 1.69. The van der Waals surface area contributed by atoms with E-state index in [0.717, 1.165) is 5.56 Å². The van der Waals surface area contributed by atoms with Crippen molar-refractivity contribution in [2.24, 2.45) is 5.10 Å². The summed E-state index contributed by atoms with van der Waals surface area (Å²) in [6.45, 7) is 0. The Bertz CT molecular complexity index is 957. The molecule has 28 heavy (non-hydrogen) atoms. The minimum Gasteiger partial charge on any atom is -0.313 e. The zero-order valence-corrected chi connectivity index (χ0v) is 16.2. The summed E-state index contributed by atoms with van der Waals surface area (Å²) in [5.74, 6) is -0.389. The third-order valence-corrected chi connectivity index (χ3v) is 7.15. The predicted octanol–water partition coefficient (Wildman–Crippen LogP) is 3.82. The van der Waals surface area contributed by atoms with Crippen LogP contribution >= 0.6 is 7.14 Å². The Hall–Kier alpha value is -3.23. The monoisotopic (exact) mass is 388 g/mol. The molecule has 0 aliphatic carbocycles. The Morgan fingerprint density at radius 2 is 1.32 bits per heavy atom. The van der Waals surface area contributed by atoms with Gasteiger partial charge in [-0.2, -0.15) is 5.10 Å². The van der Waals surface area contributed by atoms with Gasteiger partial charge in [-0.3, -0.25) is 4.79 Å². The van der Waals surface area contributed by atoms with Gasteiger partial charge in [0.25, 0.3) is 0 Å². The fourth-order valence-electron chi connectivity index (χ4n) is 2.78. The highest BCUT2D eigenvalue weighted by Crippen LogP contribution is 2.42. The number of rotatable bonds is 7. The summed E-state index contributed by atoms with van der Waals surface area (Å²) in [5.41, 5.74) is 3.51. The van der Waals surface area contributed by atoms with E-state index in [1.807, 2.05) is 72.8 Å². The average Bonchev–Trinajstić information content (AvgIpc) is 2.75. The molecule has 0 fully saturated rings. The minimum absolute atomic E-state index is 0.138. The minimum atomic E-state index is -3.09. The largest absolute Gasteiger partial charge is 0.313 e. The van der Waals surface area contributed by atoms with E-state index in [9.17, 15) is 9.36 Å². The molecule has 0 aromatic heterocycles. The first kappa shape index (κ1) is 19.5.